The van der Waals surface area contributed by atoms with Crippen LogP contribution in [0.4, 0.5) is 11.4 Å². The molecule has 4 rings (SSSR count). The van der Waals surface area contributed by atoms with Gasteiger partial charge in [0.25, 0.3) is 11.8 Å². The first-order valence-electron chi connectivity index (χ1n) is 9.81. The summed E-state index contributed by atoms with van der Waals surface area (Å²) in [6.07, 6.45) is 12.8. The molecular formula is C24H24CoN8O4S2+2. The number of hydrogen-bond acceptors (Lipinski definition) is 8. The van der Waals surface area contributed by atoms with Crippen molar-refractivity contribution in [2.75, 3.05) is 10.6 Å². The van der Waals surface area contributed by atoms with Gasteiger partial charge in [-0.25, -0.2) is 0 Å². The molecule has 4 aromatic rings. The molecule has 39 heavy (non-hydrogen) atoms. The van der Waals surface area contributed by atoms with Crippen LogP contribution in [0.25, 0.3) is 10.8 Å². The fraction of sp³-hybridized carbons (Fsp3) is 0. The van der Waals surface area contributed by atoms with Gasteiger partial charge in [-0.1, -0.05) is 24.4 Å². The molecule has 0 unspecified atom stereocenters. The molecule has 0 aromatic carbocycles. The van der Waals surface area contributed by atoms with E-state index in [0.717, 1.165) is 11.4 Å². The third kappa shape index (κ3) is 17.6. The van der Waals surface area contributed by atoms with Crippen LogP contribution >= 0.6 is 24.4 Å². The van der Waals surface area contributed by atoms with E-state index in [0.29, 0.717) is 11.1 Å². The Hall–Kier alpha value is -4.43. The maximum absolute atomic E-state index is 11.7. The fourth-order valence-corrected chi connectivity index (χ4v) is 2.28. The molecule has 8 N–H and O–H groups in total. The van der Waals surface area contributed by atoms with Crippen LogP contribution < -0.4 is 10.6 Å². The Morgan fingerprint density at radius 3 is 1.00 bits per heavy atom. The number of aromatic nitrogens is 4. The summed E-state index contributed by atoms with van der Waals surface area (Å²) in [6.45, 7) is 0. The van der Waals surface area contributed by atoms with E-state index in [9.17, 15) is 9.59 Å². The molecule has 1 radical (unpaired) electrons. The van der Waals surface area contributed by atoms with E-state index in [4.69, 9.17) is 10.8 Å². The summed E-state index contributed by atoms with van der Waals surface area (Å²) in [5, 5.41) is 22.4. The topological polar surface area (TPSA) is 220 Å². The minimum atomic E-state index is -0.149. The van der Waals surface area contributed by atoms with E-state index in [1.807, 2.05) is 0 Å². The van der Waals surface area contributed by atoms with E-state index >= 15 is 0 Å². The number of nitrogens with zero attached hydrogens (tertiary/aromatic N) is 6. The molecule has 203 valence electrons. The zero-order valence-corrected chi connectivity index (χ0v) is 22.7. The number of nitrogens with one attached hydrogen (secondary N) is 2. The first kappa shape index (κ1) is 39.1. The number of rotatable bonds is 4. The standard InChI is InChI=1S/2C11H9N3O.2CNS.Co.2H2O/c2*15-11(9-1-5-12-6-2-9)14-10-3-7-13-8-4-10;2*2-1-3;;;/h2*1-8H,(H,13,14,15);;;;2*1H2/q;;2*-1;+2;;/p+2. The van der Waals surface area contributed by atoms with Crippen molar-refractivity contribution in [3.8, 4) is 0 Å². The van der Waals surface area contributed by atoms with Gasteiger partial charge >= 0.3 is 16.8 Å². The van der Waals surface area contributed by atoms with Gasteiger partial charge in [-0.05, 0) is 48.5 Å². The average molecular weight is 612 g/mol. The minimum absolute atomic E-state index is 0. The van der Waals surface area contributed by atoms with Crippen LogP contribution in [0.15, 0.2) is 98.1 Å². The second kappa shape index (κ2) is 25.2. The van der Waals surface area contributed by atoms with Gasteiger partial charge in [0, 0.05) is 72.1 Å². The monoisotopic (exact) mass is 611 g/mol. The first-order chi connectivity index (χ1) is 17.5. The average Bonchev–Trinajstić information content (AvgIpc) is 2.92. The normalized spacial score (nSPS) is 7.79. The summed E-state index contributed by atoms with van der Waals surface area (Å²) >= 11 is 7.40. The molecule has 0 bridgehead atoms. The molecule has 0 saturated carbocycles. The van der Waals surface area contributed by atoms with E-state index in [-0.39, 0.29) is 39.5 Å². The zero-order chi connectivity index (χ0) is 26.4. The zero-order valence-electron chi connectivity index (χ0n) is 20.0. The third-order valence-corrected chi connectivity index (χ3v) is 3.76. The molecule has 12 nitrogen and oxygen atoms in total. The molecule has 4 heterocycles. The van der Waals surface area contributed by atoms with Crippen LogP contribution in [0.2, 0.25) is 0 Å². The van der Waals surface area contributed by atoms with Crippen molar-refractivity contribution in [2.45, 2.75) is 0 Å². The Morgan fingerprint density at radius 2 is 0.769 bits per heavy atom. The Kier molecular flexibility index (Phi) is 25.3. The Morgan fingerprint density at radius 1 is 0.564 bits per heavy atom. The maximum Gasteiger partial charge on any atom is 2.00 e. The molecule has 15 heteroatoms. The van der Waals surface area contributed by atoms with Gasteiger partial charge < -0.3 is 32.4 Å². The van der Waals surface area contributed by atoms with Crippen molar-refractivity contribution in [3.63, 3.8) is 0 Å². The summed E-state index contributed by atoms with van der Waals surface area (Å²) in [4.78, 5) is 38.7. The van der Waals surface area contributed by atoms with E-state index < -0.39 is 0 Å². The number of thiocarbonyl (C=S) groups is 2. The van der Waals surface area contributed by atoms with Gasteiger partial charge in [-0.3, -0.25) is 29.5 Å². The van der Waals surface area contributed by atoms with Crippen molar-refractivity contribution in [2.24, 2.45) is 0 Å². The molecule has 2 amide bonds. The number of hydrogen-bond donors (Lipinski definition) is 2. The largest absolute Gasteiger partial charge is 2.00 e. The predicted molar refractivity (Wildman–Crippen MR) is 155 cm³/mol. The number of carbonyl (C=O) groups excluding carboxylic acids is 2. The number of amides is 2. The van der Waals surface area contributed by atoms with Gasteiger partial charge in [-0.15, -0.1) is 0 Å². The Bertz CT molecular complexity index is 1160. The minimum Gasteiger partial charge on any atom is -0.753 e. The quantitative estimate of drug-likeness (QED) is 0.198. The van der Waals surface area contributed by atoms with Crippen molar-refractivity contribution in [1.82, 2.24) is 19.9 Å². The Balaban J connectivity index is -0.000000520. The van der Waals surface area contributed by atoms with E-state index in [1.165, 1.54) is 10.3 Å². The molecule has 0 fully saturated rings. The number of pyridine rings is 4. The van der Waals surface area contributed by atoms with Crippen molar-refractivity contribution in [3.05, 3.63) is 120 Å². The van der Waals surface area contributed by atoms with Crippen LogP contribution in [0.1, 0.15) is 20.7 Å². The van der Waals surface area contributed by atoms with Gasteiger partial charge in [0.05, 0.1) is 0 Å². The van der Waals surface area contributed by atoms with Gasteiger partial charge in [0.2, 0.25) is 0 Å². The van der Waals surface area contributed by atoms with Crippen LogP contribution in [-0.4, -0.2) is 42.1 Å². The first-order valence-corrected chi connectivity index (χ1v) is 10.6. The molecule has 0 spiro atoms. The van der Waals surface area contributed by atoms with Gasteiger partial charge in [-0.2, -0.15) is 10.3 Å². The fourth-order valence-electron chi connectivity index (χ4n) is 2.28. The maximum atomic E-state index is 11.7. The number of isothiocyanates is 2. The van der Waals surface area contributed by atoms with Crippen LogP contribution in [0.3, 0.4) is 0 Å². The van der Waals surface area contributed by atoms with E-state index in [2.05, 4.69) is 55.0 Å². The molecule has 0 aliphatic carbocycles. The molecule has 4 aromatic heterocycles. The van der Waals surface area contributed by atoms with Gasteiger partial charge in [0.15, 0.2) is 0 Å². The SMILES string of the molecule is O=C(Nc1ccncc1)c1ccncc1.O=C(Nc1ccncc1)c1ccncc1.[Co+2].[N-]=C=S.[N-]=C=S.[OH3+].[OH3+]. The van der Waals surface area contributed by atoms with Crippen LogP contribution in [0.5, 0.6) is 0 Å². The van der Waals surface area contributed by atoms with Crippen LogP contribution in [0, 0.1) is 0 Å². The molecular weight excluding hydrogens is 587 g/mol. The molecule has 0 aliphatic rings. The van der Waals surface area contributed by atoms with Crippen LogP contribution in [-0.2, 0) is 27.7 Å². The van der Waals surface area contributed by atoms with Crippen molar-refractivity contribution in [1.29, 1.82) is 0 Å². The summed E-state index contributed by atoms with van der Waals surface area (Å²) in [6, 6.07) is 13.6. The predicted octanol–water partition coefficient (Wildman–Crippen LogP) is 2.93. The summed E-state index contributed by atoms with van der Waals surface area (Å²) in [5.74, 6) is -0.299. The number of carbonyl (C=O) groups is 2. The van der Waals surface area contributed by atoms with Crippen molar-refractivity contribution < 1.29 is 37.3 Å². The van der Waals surface area contributed by atoms with Crippen molar-refractivity contribution >= 4 is 57.9 Å². The second-order valence-corrected chi connectivity index (χ2v) is 6.40. The molecule has 0 aliphatic heterocycles. The number of anilines is 2. The Labute approximate surface area is 245 Å². The third-order valence-electron chi connectivity index (χ3n) is 3.76. The summed E-state index contributed by atoms with van der Waals surface area (Å²) in [7, 11) is 0. The van der Waals surface area contributed by atoms with Gasteiger partial charge in [0.1, 0.15) is 0 Å². The molecule has 0 atom stereocenters. The molecule has 0 saturated heterocycles. The second-order valence-electron chi connectivity index (χ2n) is 6.03. The van der Waals surface area contributed by atoms with E-state index in [1.54, 1.807) is 98.1 Å². The summed E-state index contributed by atoms with van der Waals surface area (Å²) < 4.78 is 0. The smallest absolute Gasteiger partial charge is 0.753 e. The summed E-state index contributed by atoms with van der Waals surface area (Å²) in [5.41, 5.74) is 2.63.